The maximum Gasteiger partial charge on any atom is 1.00 e. The van der Waals surface area contributed by atoms with Crippen molar-refractivity contribution in [2.75, 3.05) is 19.8 Å². The summed E-state index contributed by atoms with van der Waals surface area (Å²) in [4.78, 5) is 38.4. The van der Waals surface area contributed by atoms with Crippen molar-refractivity contribution < 1.29 is 143 Å². The van der Waals surface area contributed by atoms with Crippen molar-refractivity contribution in [3.63, 3.8) is 0 Å². The second-order valence-electron chi connectivity index (χ2n) is 26.2. The molecule has 0 aromatic heterocycles. The topological polar surface area (TPSA) is 360 Å². The van der Waals surface area contributed by atoms with Crippen molar-refractivity contribution in [3.05, 3.63) is 11.6 Å². The Balaban J connectivity index is 0.00000822. The van der Waals surface area contributed by atoms with E-state index in [-0.39, 0.29) is 65.8 Å². The third kappa shape index (κ3) is 10.0. The Morgan fingerprint density at radius 3 is 2.00 bits per heavy atom. The standard InChI is InChI=1S/C55H86O23.Na/c1-22(23(2)71-25(4)58)46(69)70-21-55-27-17-50(5,6)44(43(55)66)74-32(55)18-54(10)26(27)11-12-30-51(7)15-14-31(52(8,20-57)29(51)13-16-53(30,54)9)75-49-41(77-47-37(63)35(61)33(59)24(3)72-47)39(65)40(42(78-49)45(67)68)76-48-38(64)36(62)34(60)28(19-56)73-48;/h11,22-24,27-44,47-49,56-57,59-66H,12-21H2,1-10H3,(H,67,68);/q;+1/p-1/t22?,23?,24-,27?,28-,29?,30?,31+,32+,33+,34-,35+,36+,37-,38-,39+,40+,41-,42+,43+,44?,47+,48+,49-,51?,52-,53?,54-,55?;/m1./s1. The smallest absolute Gasteiger partial charge is 0.547 e. The number of rotatable bonds is 14. The van der Waals surface area contributed by atoms with E-state index in [1.54, 1.807) is 13.8 Å². The number of aliphatic hydroxyl groups excluding tert-OH is 10. The third-order valence-electron chi connectivity index (χ3n) is 21.7. The van der Waals surface area contributed by atoms with Gasteiger partial charge in [0.15, 0.2) is 18.9 Å². The van der Waals surface area contributed by atoms with E-state index < -0.39 is 187 Å². The number of carboxylic acid groups (broad SMARTS) is 1. The van der Waals surface area contributed by atoms with E-state index in [0.717, 1.165) is 0 Å². The molecule has 0 aromatic carbocycles. The molecule has 10 N–H and O–H groups in total. The van der Waals surface area contributed by atoms with Crippen LogP contribution in [0.15, 0.2) is 11.6 Å². The van der Waals surface area contributed by atoms with E-state index in [9.17, 15) is 70.6 Å². The zero-order valence-electron chi connectivity index (χ0n) is 47.3. The number of hydrogen-bond donors (Lipinski definition) is 10. The number of carbonyl (C=O) groups is 3. The number of carboxylic acids is 1. The number of aliphatic hydroxyl groups is 10. The van der Waals surface area contributed by atoms with Gasteiger partial charge in [0.1, 0.15) is 79.9 Å². The summed E-state index contributed by atoms with van der Waals surface area (Å²) in [6.45, 7) is 17.7. The van der Waals surface area contributed by atoms with Crippen LogP contribution in [0.1, 0.15) is 114 Å². The fourth-order valence-corrected chi connectivity index (χ4v) is 16.7. The van der Waals surface area contributed by atoms with Crippen LogP contribution in [0, 0.1) is 56.2 Å². The first kappa shape index (κ1) is 63.5. The Morgan fingerprint density at radius 1 is 0.747 bits per heavy atom. The van der Waals surface area contributed by atoms with Crippen LogP contribution in [0.4, 0.5) is 0 Å². The van der Waals surface area contributed by atoms with Crippen LogP contribution in [-0.4, -0.2) is 211 Å². The normalized spacial score (nSPS) is 51.5. The zero-order valence-corrected chi connectivity index (χ0v) is 49.3. The van der Waals surface area contributed by atoms with Crippen molar-refractivity contribution in [3.8, 4) is 0 Å². The molecule has 8 fully saturated rings. The molecule has 0 aromatic rings. The Hall–Kier alpha value is -1.53. The van der Waals surface area contributed by atoms with Gasteiger partial charge in [-0.2, -0.15) is 0 Å². The van der Waals surface area contributed by atoms with Crippen molar-refractivity contribution in [2.45, 2.75) is 237 Å². The van der Waals surface area contributed by atoms with E-state index in [0.29, 0.717) is 38.5 Å². The first-order valence-corrected chi connectivity index (χ1v) is 27.9. The van der Waals surface area contributed by atoms with Gasteiger partial charge in [-0.15, -0.1) is 0 Å². The monoisotopic (exact) mass is 1140 g/mol. The van der Waals surface area contributed by atoms with Gasteiger partial charge in [-0.25, -0.2) is 0 Å². The summed E-state index contributed by atoms with van der Waals surface area (Å²) in [6.07, 6.45) is -24.6. The van der Waals surface area contributed by atoms with Crippen LogP contribution >= 0.6 is 0 Å². The minimum Gasteiger partial charge on any atom is -0.547 e. The molecule has 4 aliphatic heterocycles. The molecule has 23 nitrogen and oxygen atoms in total. The molecule has 4 heterocycles. The Bertz CT molecular complexity index is 2270. The molecule has 0 radical (unpaired) electrons. The summed E-state index contributed by atoms with van der Waals surface area (Å²) >= 11 is 0. The van der Waals surface area contributed by atoms with Gasteiger partial charge in [0, 0.05) is 12.3 Å². The van der Waals surface area contributed by atoms with Gasteiger partial charge in [0.05, 0.1) is 61.0 Å². The molecule has 9 rings (SSSR count). The van der Waals surface area contributed by atoms with Gasteiger partial charge >= 0.3 is 41.5 Å². The molecule has 9 unspecified atom stereocenters. The van der Waals surface area contributed by atoms with E-state index in [1.807, 2.05) is 6.92 Å². The predicted molar refractivity (Wildman–Crippen MR) is 263 cm³/mol. The van der Waals surface area contributed by atoms with Crippen LogP contribution < -0.4 is 34.7 Å². The molecule has 0 amide bonds. The zero-order chi connectivity index (χ0) is 57.3. The number of esters is 2. The summed E-state index contributed by atoms with van der Waals surface area (Å²) in [5, 5.41) is 123. The molecule has 2 bridgehead atoms. The SMILES string of the molecule is CC(=O)OC(C)C(C)C(=O)OCC12C3CC(C)(C)C(O[C@H]1C[C@]1(C)C3=CCC3C4(C)CC[C@H](O[C@@H]5O[C@H](C(=O)[O-])[C@@H](O[C@@H]6O[C@H](CO)[C@@H](O)[C@H](O)[C@H]6O)[C@H](O)[C@H]5O[C@@H]5O[C@H](C)[C@H](O)[C@H](O)[C@H]5O)[C@](C)(CO)C4CCC31C)[C@@H]2O.[Na+]. The summed E-state index contributed by atoms with van der Waals surface area (Å²) in [7, 11) is 0. The van der Waals surface area contributed by atoms with Crippen molar-refractivity contribution in [1.29, 1.82) is 0 Å². The maximum atomic E-state index is 13.6. The van der Waals surface area contributed by atoms with Gasteiger partial charge in [-0.3, -0.25) is 9.59 Å². The molecule has 0 spiro atoms. The minimum atomic E-state index is -2.21. The summed E-state index contributed by atoms with van der Waals surface area (Å²) in [5.41, 5.74) is -2.47. The van der Waals surface area contributed by atoms with Gasteiger partial charge in [-0.05, 0) is 105 Å². The van der Waals surface area contributed by atoms with E-state index in [1.165, 1.54) is 19.4 Å². The number of aliphatic carboxylic acids is 1. The number of ether oxygens (including phenoxy) is 9. The number of hydrogen-bond acceptors (Lipinski definition) is 23. The molecule has 4 saturated carbocycles. The Morgan fingerprint density at radius 2 is 1.38 bits per heavy atom. The quantitative estimate of drug-likeness (QED) is 0.0339. The number of carbonyl (C=O) groups excluding carboxylic acids is 3. The Kier molecular flexibility index (Phi) is 18.3. The second-order valence-corrected chi connectivity index (χ2v) is 26.2. The fraction of sp³-hybridized carbons (Fsp3) is 0.909. The molecule has 444 valence electrons. The average Bonchev–Trinajstić information content (AvgIpc) is 2.16. The number of fused-ring (bicyclic) bond motifs is 7. The van der Waals surface area contributed by atoms with Gasteiger partial charge in [-0.1, -0.05) is 53.2 Å². The molecule has 4 saturated heterocycles. The van der Waals surface area contributed by atoms with Gasteiger partial charge in [0.25, 0.3) is 0 Å². The number of allylic oxidation sites excluding steroid dienone is 2. The van der Waals surface area contributed by atoms with E-state index in [2.05, 4.69) is 40.7 Å². The van der Waals surface area contributed by atoms with Crippen LogP contribution in [-0.2, 0) is 57.0 Å². The van der Waals surface area contributed by atoms with Crippen molar-refractivity contribution in [1.82, 2.24) is 0 Å². The van der Waals surface area contributed by atoms with Gasteiger partial charge in [0.2, 0.25) is 0 Å². The van der Waals surface area contributed by atoms with Crippen molar-refractivity contribution in [2.24, 2.45) is 56.2 Å². The summed E-state index contributed by atoms with van der Waals surface area (Å²) < 4.78 is 54.5. The molecule has 29 atom stereocenters. The molecule has 5 aliphatic carbocycles. The van der Waals surface area contributed by atoms with Crippen LogP contribution in [0.3, 0.4) is 0 Å². The molecule has 24 heteroatoms. The second kappa shape index (κ2) is 22.7. The first-order valence-electron chi connectivity index (χ1n) is 27.9. The van der Waals surface area contributed by atoms with Gasteiger partial charge < -0.3 is 104 Å². The molecule has 79 heavy (non-hydrogen) atoms. The average molecular weight is 1140 g/mol. The third-order valence-corrected chi connectivity index (χ3v) is 21.7. The fourth-order valence-electron chi connectivity index (χ4n) is 16.7. The van der Waals surface area contributed by atoms with Crippen molar-refractivity contribution >= 4 is 17.9 Å². The first-order chi connectivity index (χ1) is 36.4. The molecular weight excluding hydrogens is 1050 g/mol. The molecule has 9 aliphatic rings. The molecular formula is C55H85NaO23. The predicted octanol–water partition coefficient (Wildman–Crippen LogP) is -4.53. The maximum absolute atomic E-state index is 13.6. The largest absolute Gasteiger partial charge is 1.00 e. The van der Waals surface area contributed by atoms with E-state index >= 15 is 0 Å². The van der Waals surface area contributed by atoms with E-state index in [4.69, 9.17) is 42.6 Å². The van der Waals surface area contributed by atoms with Crippen LogP contribution in [0.2, 0.25) is 0 Å². The minimum absolute atomic E-state index is 0. The summed E-state index contributed by atoms with van der Waals surface area (Å²) in [6, 6.07) is 0. The van der Waals surface area contributed by atoms with Crippen LogP contribution in [0.25, 0.3) is 0 Å². The van der Waals surface area contributed by atoms with Crippen LogP contribution in [0.5, 0.6) is 0 Å². The summed E-state index contributed by atoms with van der Waals surface area (Å²) in [5.74, 6) is -4.11. The Labute approximate surface area is 482 Å².